The van der Waals surface area contributed by atoms with Gasteiger partial charge in [0.1, 0.15) is 6.61 Å². The molecule has 230 valence electrons. The molecule has 8 heteroatoms. The number of benzene rings is 2. The fourth-order valence-electron chi connectivity index (χ4n) is 6.82. The molecule has 0 spiro atoms. The van der Waals surface area contributed by atoms with Crippen LogP contribution in [0.15, 0.2) is 52.9 Å². The molecule has 0 unspecified atom stereocenters. The average molecular weight is 737 g/mol. The molecular weight excluding hydrogens is 696 g/mol. The van der Waals surface area contributed by atoms with Crippen LogP contribution in [0.3, 0.4) is 0 Å². The maximum Gasteiger partial charge on any atom is 0.174 e. The van der Waals surface area contributed by atoms with Crippen molar-refractivity contribution in [3.05, 3.63) is 77.6 Å². The Balaban J connectivity index is 1.66. The van der Waals surface area contributed by atoms with Crippen LogP contribution in [0, 0.1) is 14.4 Å². The number of Topliss-reactive ketones (excluding diaryl/α,β-unsaturated/α-hetero) is 2. The number of nitrogens with zero attached hydrogens (tertiary/aromatic N) is 1. The summed E-state index contributed by atoms with van der Waals surface area (Å²) >= 11 is 14.8. The normalized spacial score (nSPS) is 19.9. The van der Waals surface area contributed by atoms with Crippen LogP contribution in [0.2, 0.25) is 10.0 Å². The number of ketones is 2. The van der Waals surface area contributed by atoms with Crippen molar-refractivity contribution in [2.24, 2.45) is 10.8 Å². The zero-order chi connectivity index (χ0) is 31.3. The molecule has 0 N–H and O–H groups in total. The monoisotopic (exact) mass is 735 g/mol. The Kier molecular flexibility index (Phi) is 9.33. The van der Waals surface area contributed by atoms with E-state index in [0.29, 0.717) is 41.0 Å². The second-order valence-corrected chi connectivity index (χ2v) is 15.5. The predicted octanol–water partition coefficient (Wildman–Crippen LogP) is 9.67. The van der Waals surface area contributed by atoms with Crippen molar-refractivity contribution in [3.8, 4) is 11.5 Å². The van der Waals surface area contributed by atoms with Crippen LogP contribution in [-0.2, 0) is 16.2 Å². The molecule has 1 heterocycles. The van der Waals surface area contributed by atoms with Crippen LogP contribution in [0.4, 0.5) is 0 Å². The lowest BCUT2D eigenvalue weighted by Crippen LogP contribution is -2.44. The van der Waals surface area contributed by atoms with E-state index < -0.39 is 5.92 Å². The van der Waals surface area contributed by atoms with Crippen LogP contribution >= 0.6 is 45.8 Å². The van der Waals surface area contributed by atoms with Crippen molar-refractivity contribution in [2.45, 2.75) is 86.2 Å². The quantitative estimate of drug-likeness (QED) is 0.253. The van der Waals surface area contributed by atoms with Crippen LogP contribution in [0.5, 0.6) is 11.5 Å². The molecule has 5 rings (SSSR count). The lowest BCUT2D eigenvalue weighted by Gasteiger charge is -2.49. The molecule has 2 aromatic rings. The van der Waals surface area contributed by atoms with E-state index in [0.717, 1.165) is 63.0 Å². The molecule has 5 nitrogen and oxygen atoms in total. The molecule has 0 amide bonds. The molecule has 2 aliphatic carbocycles. The first-order valence-electron chi connectivity index (χ1n) is 15.1. The summed E-state index contributed by atoms with van der Waals surface area (Å²) in [6, 6.07) is 9.36. The third-order valence-corrected chi connectivity index (χ3v) is 9.91. The van der Waals surface area contributed by atoms with Crippen molar-refractivity contribution >= 4 is 57.4 Å². The Hall–Kier alpha value is -2.03. The maximum absolute atomic E-state index is 14.1. The van der Waals surface area contributed by atoms with Crippen molar-refractivity contribution in [1.82, 2.24) is 4.90 Å². The van der Waals surface area contributed by atoms with Gasteiger partial charge in [-0.3, -0.25) is 9.59 Å². The highest BCUT2D eigenvalue weighted by Crippen LogP contribution is 2.55. The third-order valence-electron chi connectivity index (χ3n) is 8.52. The zero-order valence-electron chi connectivity index (χ0n) is 25.8. The second-order valence-electron chi connectivity index (χ2n) is 13.5. The molecule has 3 aliphatic rings. The van der Waals surface area contributed by atoms with E-state index in [1.54, 1.807) is 12.1 Å². The number of hydrogen-bond donors (Lipinski definition) is 0. The molecule has 0 atom stereocenters. The van der Waals surface area contributed by atoms with Crippen LogP contribution < -0.4 is 9.47 Å². The first-order valence-corrected chi connectivity index (χ1v) is 16.9. The van der Waals surface area contributed by atoms with E-state index in [9.17, 15) is 9.59 Å². The van der Waals surface area contributed by atoms with Crippen LogP contribution in [0.1, 0.15) is 90.7 Å². The first kappa shape index (κ1) is 32.4. The first-order chi connectivity index (χ1) is 20.2. The minimum absolute atomic E-state index is 0.132. The molecule has 2 aromatic carbocycles. The van der Waals surface area contributed by atoms with Gasteiger partial charge in [-0.15, -0.1) is 0 Å². The van der Waals surface area contributed by atoms with Gasteiger partial charge in [-0.1, -0.05) is 63.9 Å². The summed E-state index contributed by atoms with van der Waals surface area (Å²) in [6.07, 6.45) is 3.45. The SMILES string of the molecule is CCCN1C2=C(C(=O)CC(C)(C)C2)C(c2cc(I)c(OCc3ccc(Cl)cc3Cl)c(OCC)c2)C2=C1CC(C)(C)CC2=O. The summed E-state index contributed by atoms with van der Waals surface area (Å²) in [4.78, 5) is 30.5. The van der Waals surface area contributed by atoms with Crippen molar-refractivity contribution in [3.63, 3.8) is 0 Å². The average Bonchev–Trinajstić information content (AvgIpc) is 2.88. The standard InChI is InChI=1S/C35H40Cl2INO4/c1-7-11-39-25-15-34(3,4)17-27(40)31(25)30(32-26(39)16-35(5,6)18-28(32)41)21-12-24(38)33(29(13-21)42-8-2)43-19-20-9-10-22(36)14-23(20)37/h9-10,12-14,30H,7-8,11,15-19H2,1-6H3. The van der Waals surface area contributed by atoms with Gasteiger partial charge in [-0.25, -0.2) is 0 Å². The molecule has 1 aliphatic heterocycles. The molecule has 43 heavy (non-hydrogen) atoms. The third kappa shape index (κ3) is 6.53. The largest absolute Gasteiger partial charge is 0.490 e. The number of carbonyl (C=O) groups excluding carboxylic acids is 2. The minimum Gasteiger partial charge on any atom is -0.490 e. The molecule has 0 bridgehead atoms. The fourth-order valence-corrected chi connectivity index (χ4v) is 8.07. The number of halogens is 3. The zero-order valence-corrected chi connectivity index (χ0v) is 29.5. The summed E-state index contributed by atoms with van der Waals surface area (Å²) in [5.74, 6) is 1.02. The number of allylic oxidation sites excluding steroid dienone is 4. The number of ether oxygens (including phenoxy) is 2. The van der Waals surface area contributed by atoms with E-state index in [2.05, 4.69) is 68.2 Å². The van der Waals surface area contributed by atoms with E-state index in [1.807, 2.05) is 19.1 Å². The van der Waals surface area contributed by atoms with Gasteiger partial charge in [-0.05, 0) is 89.4 Å². The van der Waals surface area contributed by atoms with Crippen molar-refractivity contribution in [1.29, 1.82) is 0 Å². The smallest absolute Gasteiger partial charge is 0.174 e. The number of carbonyl (C=O) groups is 2. The Morgan fingerprint density at radius 3 is 2.02 bits per heavy atom. The predicted molar refractivity (Wildman–Crippen MR) is 181 cm³/mol. The Morgan fingerprint density at radius 2 is 1.49 bits per heavy atom. The Bertz CT molecular complexity index is 1490. The van der Waals surface area contributed by atoms with Crippen LogP contribution in [-0.4, -0.2) is 29.6 Å². The summed E-state index contributed by atoms with van der Waals surface area (Å²) in [6.45, 7) is 14.2. The summed E-state index contributed by atoms with van der Waals surface area (Å²) in [7, 11) is 0. The second kappa shape index (κ2) is 12.4. The van der Waals surface area contributed by atoms with E-state index in [4.69, 9.17) is 32.7 Å². The van der Waals surface area contributed by atoms with Gasteiger partial charge in [0, 0.05) is 63.5 Å². The van der Waals surface area contributed by atoms with E-state index in [1.165, 1.54) is 0 Å². The summed E-state index contributed by atoms with van der Waals surface area (Å²) in [5.41, 5.74) is 5.13. The highest BCUT2D eigenvalue weighted by atomic mass is 127. The molecule has 0 fully saturated rings. The van der Waals surface area contributed by atoms with Crippen LogP contribution in [0.25, 0.3) is 0 Å². The van der Waals surface area contributed by atoms with Gasteiger partial charge < -0.3 is 14.4 Å². The van der Waals surface area contributed by atoms with E-state index >= 15 is 0 Å². The number of hydrogen-bond acceptors (Lipinski definition) is 5. The lowest BCUT2D eigenvalue weighted by atomic mass is 9.63. The summed E-state index contributed by atoms with van der Waals surface area (Å²) < 4.78 is 13.3. The summed E-state index contributed by atoms with van der Waals surface area (Å²) in [5, 5.41) is 1.10. The highest BCUT2D eigenvalue weighted by Gasteiger charge is 2.49. The van der Waals surface area contributed by atoms with Gasteiger partial charge in [-0.2, -0.15) is 0 Å². The molecular formula is C35H40Cl2INO4. The maximum atomic E-state index is 14.1. The molecule has 0 saturated heterocycles. The Labute approximate surface area is 279 Å². The topological polar surface area (TPSA) is 55.8 Å². The molecule has 0 aromatic heterocycles. The van der Waals surface area contributed by atoms with E-state index in [-0.39, 0.29) is 29.0 Å². The van der Waals surface area contributed by atoms with Gasteiger partial charge in [0.2, 0.25) is 0 Å². The Morgan fingerprint density at radius 1 is 0.884 bits per heavy atom. The lowest BCUT2D eigenvalue weighted by molar-refractivity contribution is -0.119. The van der Waals surface area contributed by atoms with Gasteiger partial charge in [0.05, 0.1) is 10.2 Å². The van der Waals surface area contributed by atoms with Gasteiger partial charge >= 0.3 is 0 Å². The molecule has 0 radical (unpaired) electrons. The van der Waals surface area contributed by atoms with Gasteiger partial charge in [0.25, 0.3) is 0 Å². The highest BCUT2D eigenvalue weighted by molar-refractivity contribution is 14.1. The molecule has 0 saturated carbocycles. The van der Waals surface area contributed by atoms with Crippen molar-refractivity contribution < 1.29 is 19.1 Å². The van der Waals surface area contributed by atoms with Crippen molar-refractivity contribution in [2.75, 3.05) is 13.2 Å². The number of rotatable bonds is 8. The fraction of sp³-hybridized carbons (Fsp3) is 0.486. The van der Waals surface area contributed by atoms with Gasteiger partial charge in [0.15, 0.2) is 23.1 Å². The minimum atomic E-state index is -0.433.